The Kier molecular flexibility index (Phi) is 4.68. The average molecular weight is 302 g/mol. The zero-order valence-corrected chi connectivity index (χ0v) is 12.9. The zero-order chi connectivity index (χ0) is 16.1. The lowest BCUT2D eigenvalue weighted by atomic mass is 9.95. The van der Waals surface area contributed by atoms with E-state index in [-0.39, 0.29) is 6.04 Å². The number of nitrogens with one attached hydrogen (secondary N) is 1. The monoisotopic (exact) mass is 302 g/mol. The van der Waals surface area contributed by atoms with Crippen molar-refractivity contribution in [2.24, 2.45) is 0 Å². The highest BCUT2D eigenvalue weighted by atomic mass is 15.2. The molecule has 1 heterocycles. The molecular weight excluding hydrogens is 284 g/mol. The Bertz CT molecular complexity index is 671. The summed E-state index contributed by atoms with van der Waals surface area (Å²) in [5.41, 5.74) is 3.70. The fourth-order valence-electron chi connectivity index (χ4n) is 3.03. The Morgan fingerprint density at radius 1 is 0.783 bits per heavy atom. The molecule has 0 amide bonds. The first-order valence-corrected chi connectivity index (χ1v) is 7.77. The summed E-state index contributed by atoms with van der Waals surface area (Å²) in [5.74, 6) is 0. The second kappa shape index (κ2) is 7.07. The SMILES string of the molecule is N#Cc1ccc(C(c2ccc(C#N)cc2)N2CCNCC2)cc1. The number of piperazine rings is 1. The van der Waals surface area contributed by atoms with E-state index >= 15 is 0 Å². The van der Waals surface area contributed by atoms with E-state index in [0.717, 1.165) is 26.2 Å². The minimum Gasteiger partial charge on any atom is -0.314 e. The summed E-state index contributed by atoms with van der Waals surface area (Å²) in [6, 6.07) is 20.1. The van der Waals surface area contributed by atoms with Gasteiger partial charge >= 0.3 is 0 Å². The van der Waals surface area contributed by atoms with Crippen LogP contribution in [0.25, 0.3) is 0 Å². The van der Waals surface area contributed by atoms with Crippen molar-refractivity contribution >= 4 is 0 Å². The van der Waals surface area contributed by atoms with Crippen molar-refractivity contribution in [3.8, 4) is 12.1 Å². The van der Waals surface area contributed by atoms with Gasteiger partial charge in [0.1, 0.15) is 0 Å². The average Bonchev–Trinajstić information content (AvgIpc) is 2.64. The van der Waals surface area contributed by atoms with Crippen LogP contribution in [0.1, 0.15) is 28.3 Å². The van der Waals surface area contributed by atoms with Crippen LogP contribution in [0.3, 0.4) is 0 Å². The number of nitrogens with zero attached hydrogens (tertiary/aromatic N) is 3. The summed E-state index contributed by atoms with van der Waals surface area (Å²) in [7, 11) is 0. The molecule has 2 aromatic carbocycles. The fraction of sp³-hybridized carbons (Fsp3) is 0.263. The van der Waals surface area contributed by atoms with Crippen molar-refractivity contribution in [1.29, 1.82) is 10.5 Å². The molecule has 1 saturated heterocycles. The van der Waals surface area contributed by atoms with Gasteiger partial charge in [0, 0.05) is 26.2 Å². The van der Waals surface area contributed by atoms with Crippen LogP contribution in [0.4, 0.5) is 0 Å². The van der Waals surface area contributed by atoms with Crippen molar-refractivity contribution in [3.05, 3.63) is 70.8 Å². The van der Waals surface area contributed by atoms with Gasteiger partial charge in [-0.2, -0.15) is 10.5 Å². The lowest BCUT2D eigenvalue weighted by molar-refractivity contribution is 0.198. The van der Waals surface area contributed by atoms with Gasteiger partial charge < -0.3 is 5.32 Å². The number of hydrogen-bond donors (Lipinski definition) is 1. The predicted molar refractivity (Wildman–Crippen MR) is 88.6 cm³/mol. The first kappa shape index (κ1) is 15.2. The molecule has 1 aliphatic heterocycles. The molecule has 0 aromatic heterocycles. The highest BCUT2D eigenvalue weighted by Crippen LogP contribution is 2.29. The van der Waals surface area contributed by atoms with Crippen molar-refractivity contribution in [2.45, 2.75) is 6.04 Å². The third-order valence-corrected chi connectivity index (χ3v) is 4.23. The molecule has 0 bridgehead atoms. The number of benzene rings is 2. The van der Waals surface area contributed by atoms with E-state index < -0.39 is 0 Å². The molecule has 0 radical (unpaired) electrons. The normalized spacial score (nSPS) is 15.1. The first-order valence-electron chi connectivity index (χ1n) is 7.77. The van der Waals surface area contributed by atoms with E-state index in [9.17, 15) is 0 Å². The Morgan fingerprint density at radius 2 is 1.22 bits per heavy atom. The van der Waals surface area contributed by atoms with E-state index in [1.165, 1.54) is 11.1 Å². The molecule has 4 heteroatoms. The van der Waals surface area contributed by atoms with Gasteiger partial charge in [-0.05, 0) is 35.4 Å². The Morgan fingerprint density at radius 3 is 1.61 bits per heavy atom. The molecule has 0 aliphatic carbocycles. The molecule has 0 spiro atoms. The summed E-state index contributed by atoms with van der Waals surface area (Å²) in [5, 5.41) is 21.4. The summed E-state index contributed by atoms with van der Waals surface area (Å²) in [6.45, 7) is 3.90. The van der Waals surface area contributed by atoms with Gasteiger partial charge in [-0.3, -0.25) is 4.90 Å². The molecule has 1 fully saturated rings. The molecule has 3 rings (SSSR count). The van der Waals surface area contributed by atoms with Crippen molar-refractivity contribution in [2.75, 3.05) is 26.2 Å². The lowest BCUT2D eigenvalue weighted by Crippen LogP contribution is -2.45. The van der Waals surface area contributed by atoms with Gasteiger partial charge in [0.2, 0.25) is 0 Å². The number of rotatable bonds is 3. The molecule has 1 aliphatic rings. The Balaban J connectivity index is 1.97. The summed E-state index contributed by atoms with van der Waals surface area (Å²) in [4.78, 5) is 2.44. The molecular formula is C19H18N4. The molecule has 114 valence electrons. The maximum absolute atomic E-state index is 8.99. The molecule has 4 nitrogen and oxygen atoms in total. The topological polar surface area (TPSA) is 62.9 Å². The van der Waals surface area contributed by atoms with Gasteiger partial charge in [-0.1, -0.05) is 24.3 Å². The van der Waals surface area contributed by atoms with E-state index in [1.54, 1.807) is 0 Å². The largest absolute Gasteiger partial charge is 0.314 e. The van der Waals surface area contributed by atoms with Gasteiger partial charge in [0.05, 0.1) is 29.3 Å². The summed E-state index contributed by atoms with van der Waals surface area (Å²) in [6.07, 6.45) is 0. The van der Waals surface area contributed by atoms with Crippen LogP contribution in [-0.2, 0) is 0 Å². The molecule has 23 heavy (non-hydrogen) atoms. The van der Waals surface area contributed by atoms with Gasteiger partial charge in [-0.15, -0.1) is 0 Å². The molecule has 0 saturated carbocycles. The maximum Gasteiger partial charge on any atom is 0.0991 e. The van der Waals surface area contributed by atoms with Gasteiger partial charge in [-0.25, -0.2) is 0 Å². The predicted octanol–water partition coefficient (Wildman–Crippen LogP) is 2.42. The lowest BCUT2D eigenvalue weighted by Gasteiger charge is -2.35. The van der Waals surface area contributed by atoms with Crippen LogP contribution in [0.5, 0.6) is 0 Å². The number of hydrogen-bond acceptors (Lipinski definition) is 4. The minimum atomic E-state index is 0.151. The second-order valence-electron chi connectivity index (χ2n) is 5.66. The van der Waals surface area contributed by atoms with Gasteiger partial charge in [0.25, 0.3) is 0 Å². The highest BCUT2D eigenvalue weighted by Gasteiger charge is 2.23. The molecule has 0 unspecified atom stereocenters. The van der Waals surface area contributed by atoms with E-state index in [1.807, 2.05) is 48.5 Å². The zero-order valence-electron chi connectivity index (χ0n) is 12.9. The van der Waals surface area contributed by atoms with Crippen LogP contribution in [0.15, 0.2) is 48.5 Å². The summed E-state index contributed by atoms with van der Waals surface area (Å²) < 4.78 is 0. The van der Waals surface area contributed by atoms with E-state index in [2.05, 4.69) is 22.4 Å². The first-order chi connectivity index (χ1) is 11.3. The molecule has 0 atom stereocenters. The van der Waals surface area contributed by atoms with Crippen LogP contribution in [-0.4, -0.2) is 31.1 Å². The summed E-state index contributed by atoms with van der Waals surface area (Å²) >= 11 is 0. The van der Waals surface area contributed by atoms with Gasteiger partial charge in [0.15, 0.2) is 0 Å². The molecule has 2 aromatic rings. The maximum atomic E-state index is 8.99. The van der Waals surface area contributed by atoms with Crippen molar-refractivity contribution in [3.63, 3.8) is 0 Å². The van der Waals surface area contributed by atoms with Crippen LogP contribution in [0, 0.1) is 22.7 Å². The van der Waals surface area contributed by atoms with Crippen molar-refractivity contribution < 1.29 is 0 Å². The fourth-order valence-corrected chi connectivity index (χ4v) is 3.03. The number of nitriles is 2. The van der Waals surface area contributed by atoms with Crippen molar-refractivity contribution in [1.82, 2.24) is 10.2 Å². The van der Waals surface area contributed by atoms with Crippen LogP contribution >= 0.6 is 0 Å². The van der Waals surface area contributed by atoms with Crippen LogP contribution < -0.4 is 5.32 Å². The quantitative estimate of drug-likeness (QED) is 0.946. The smallest absolute Gasteiger partial charge is 0.0991 e. The molecule has 1 N–H and O–H groups in total. The highest BCUT2D eigenvalue weighted by molar-refractivity contribution is 5.40. The minimum absolute atomic E-state index is 0.151. The third-order valence-electron chi connectivity index (χ3n) is 4.23. The Labute approximate surface area is 136 Å². The van der Waals surface area contributed by atoms with E-state index in [0.29, 0.717) is 11.1 Å². The second-order valence-corrected chi connectivity index (χ2v) is 5.66. The van der Waals surface area contributed by atoms with Crippen LogP contribution in [0.2, 0.25) is 0 Å². The third kappa shape index (κ3) is 3.40. The standard InChI is InChI=1S/C19H18N4/c20-13-15-1-5-17(6-2-15)19(23-11-9-22-10-12-23)18-7-3-16(14-21)4-8-18/h1-8,19,22H,9-12H2. The van der Waals surface area contributed by atoms with E-state index in [4.69, 9.17) is 10.5 Å². The Hall–Kier alpha value is -2.66.